The monoisotopic (exact) mass is 523 g/mol. The van der Waals surface area contributed by atoms with Gasteiger partial charge in [0.1, 0.15) is 16.8 Å². The third-order valence-electron chi connectivity index (χ3n) is 8.66. The Kier molecular flexibility index (Phi) is 3.90. The van der Waals surface area contributed by atoms with Crippen LogP contribution in [-0.4, -0.2) is 14.0 Å². The Morgan fingerprint density at radius 1 is 0.488 bits per heavy atom. The molecule has 4 aromatic heterocycles. The van der Waals surface area contributed by atoms with Crippen LogP contribution in [0.3, 0.4) is 0 Å². The molecule has 0 bridgehead atoms. The summed E-state index contributed by atoms with van der Waals surface area (Å²) in [6.45, 7) is 0. The summed E-state index contributed by atoms with van der Waals surface area (Å²) in [5.41, 5.74) is 9.47. The van der Waals surface area contributed by atoms with E-state index in [1.165, 1.54) is 16.2 Å². The molecule has 0 unspecified atom stereocenters. The van der Waals surface area contributed by atoms with Gasteiger partial charge in [-0.3, -0.25) is 4.40 Å². The SMILES string of the molecule is c1ccc(-n2c3cc4c(cc3c3c5oc6ccccc6c5ccc32)c2ccccc2n2c3ccccc3nc42)cc1. The number of rotatable bonds is 1. The zero-order valence-corrected chi connectivity index (χ0v) is 21.9. The van der Waals surface area contributed by atoms with Gasteiger partial charge in [-0.2, -0.15) is 0 Å². The number of furan rings is 1. The van der Waals surface area contributed by atoms with Crippen LogP contribution in [0.5, 0.6) is 0 Å². The molecule has 0 aliphatic heterocycles. The van der Waals surface area contributed by atoms with Crippen molar-refractivity contribution in [1.29, 1.82) is 0 Å². The van der Waals surface area contributed by atoms with Gasteiger partial charge in [-0.05, 0) is 66.0 Å². The van der Waals surface area contributed by atoms with Crippen molar-refractivity contribution in [1.82, 2.24) is 14.0 Å². The molecule has 0 aliphatic rings. The summed E-state index contributed by atoms with van der Waals surface area (Å²) < 4.78 is 11.3. The predicted molar refractivity (Wildman–Crippen MR) is 169 cm³/mol. The van der Waals surface area contributed by atoms with Gasteiger partial charge in [-0.1, -0.05) is 66.7 Å². The Hall–Kier alpha value is -5.61. The molecule has 0 spiro atoms. The van der Waals surface area contributed by atoms with Crippen molar-refractivity contribution in [3.8, 4) is 5.69 Å². The number of hydrogen-bond donors (Lipinski definition) is 0. The number of benzene rings is 6. The van der Waals surface area contributed by atoms with Crippen molar-refractivity contribution < 1.29 is 4.42 Å². The first kappa shape index (κ1) is 21.2. The number of aromatic nitrogens is 3. The molecule has 41 heavy (non-hydrogen) atoms. The Bertz CT molecular complexity index is 2690. The summed E-state index contributed by atoms with van der Waals surface area (Å²) in [4.78, 5) is 5.17. The maximum atomic E-state index is 6.60. The number of imidazole rings is 1. The molecular formula is C37H21N3O. The van der Waals surface area contributed by atoms with Crippen molar-refractivity contribution in [2.24, 2.45) is 0 Å². The number of pyridine rings is 1. The maximum Gasteiger partial charge on any atom is 0.146 e. The standard InChI is InChI=1S/C37H21N3O/c1-2-10-22(11-3-1)39-32-19-18-25-24-13-5-9-17-34(24)41-36(25)35(32)28-20-26-23-12-4-7-15-30(23)40-31-16-8-6-14-29(31)38-37(40)27(26)21-33(28)39/h1-21H. The van der Waals surface area contributed by atoms with Gasteiger partial charge in [0.2, 0.25) is 0 Å². The Morgan fingerprint density at radius 2 is 1.24 bits per heavy atom. The lowest BCUT2D eigenvalue weighted by atomic mass is 10.0. The second-order valence-electron chi connectivity index (χ2n) is 10.8. The highest BCUT2D eigenvalue weighted by atomic mass is 16.3. The van der Waals surface area contributed by atoms with Gasteiger partial charge >= 0.3 is 0 Å². The van der Waals surface area contributed by atoms with E-state index in [9.17, 15) is 0 Å². The predicted octanol–water partition coefficient (Wildman–Crippen LogP) is 9.79. The van der Waals surface area contributed by atoms with E-state index in [-0.39, 0.29) is 0 Å². The van der Waals surface area contributed by atoms with Gasteiger partial charge in [0.25, 0.3) is 0 Å². The molecule has 0 fully saturated rings. The molecule has 0 N–H and O–H groups in total. The third kappa shape index (κ3) is 2.66. The molecular weight excluding hydrogens is 502 g/mol. The van der Waals surface area contributed by atoms with E-state index in [1.807, 2.05) is 6.07 Å². The lowest BCUT2D eigenvalue weighted by molar-refractivity contribution is 0.673. The first-order valence-corrected chi connectivity index (χ1v) is 13.9. The fourth-order valence-electron chi connectivity index (χ4n) is 6.94. The van der Waals surface area contributed by atoms with Gasteiger partial charge in [0.15, 0.2) is 0 Å². The Balaban J connectivity index is 1.50. The Labute approximate surface area is 233 Å². The maximum absolute atomic E-state index is 6.60. The second kappa shape index (κ2) is 7.52. The molecule has 10 aromatic rings. The van der Waals surface area contributed by atoms with Gasteiger partial charge in [0, 0.05) is 32.6 Å². The zero-order chi connectivity index (χ0) is 26.7. The topological polar surface area (TPSA) is 35.4 Å². The minimum absolute atomic E-state index is 0.910. The van der Waals surface area contributed by atoms with E-state index in [4.69, 9.17) is 9.40 Å². The van der Waals surface area contributed by atoms with Crippen molar-refractivity contribution >= 4 is 82.1 Å². The van der Waals surface area contributed by atoms with Crippen LogP contribution in [0, 0.1) is 0 Å². The highest BCUT2D eigenvalue weighted by Gasteiger charge is 2.21. The molecule has 0 saturated carbocycles. The third-order valence-corrected chi connectivity index (χ3v) is 8.66. The van der Waals surface area contributed by atoms with Crippen molar-refractivity contribution in [2.75, 3.05) is 0 Å². The second-order valence-corrected chi connectivity index (χ2v) is 10.8. The highest BCUT2D eigenvalue weighted by Crippen LogP contribution is 2.43. The van der Waals surface area contributed by atoms with Crippen LogP contribution in [0.25, 0.3) is 87.8 Å². The van der Waals surface area contributed by atoms with Crippen LogP contribution in [-0.2, 0) is 0 Å². The highest BCUT2D eigenvalue weighted by molar-refractivity contribution is 6.27. The van der Waals surface area contributed by atoms with Crippen LogP contribution in [0.15, 0.2) is 132 Å². The first-order chi connectivity index (χ1) is 20.3. The molecule has 4 heterocycles. The molecule has 0 saturated heterocycles. The normalized spacial score (nSPS) is 12.4. The number of hydrogen-bond acceptors (Lipinski definition) is 2. The van der Waals surface area contributed by atoms with Crippen LogP contribution >= 0.6 is 0 Å². The summed E-state index contributed by atoms with van der Waals surface area (Å²) in [6, 6.07) is 45.1. The van der Waals surface area contributed by atoms with Crippen molar-refractivity contribution in [3.63, 3.8) is 0 Å². The van der Waals surface area contributed by atoms with Gasteiger partial charge in [-0.25, -0.2) is 4.98 Å². The van der Waals surface area contributed by atoms with E-state index < -0.39 is 0 Å². The summed E-state index contributed by atoms with van der Waals surface area (Å²) >= 11 is 0. The molecule has 0 amide bonds. The summed E-state index contributed by atoms with van der Waals surface area (Å²) in [5.74, 6) is 0. The number of nitrogens with zero attached hydrogens (tertiary/aromatic N) is 3. The van der Waals surface area contributed by atoms with E-state index in [1.54, 1.807) is 0 Å². The minimum atomic E-state index is 0.910. The summed E-state index contributed by atoms with van der Waals surface area (Å²) in [5, 5.41) is 8.12. The molecule has 6 aromatic carbocycles. The van der Waals surface area contributed by atoms with Gasteiger partial charge in [-0.15, -0.1) is 0 Å². The van der Waals surface area contributed by atoms with Gasteiger partial charge in [0.05, 0.1) is 33.0 Å². The number of fused-ring (bicyclic) bond motifs is 15. The molecule has 4 heteroatoms. The molecule has 190 valence electrons. The number of para-hydroxylation sites is 5. The average molecular weight is 524 g/mol. The zero-order valence-electron chi connectivity index (χ0n) is 21.9. The fourth-order valence-corrected chi connectivity index (χ4v) is 6.94. The summed E-state index contributed by atoms with van der Waals surface area (Å²) in [7, 11) is 0. The first-order valence-electron chi connectivity index (χ1n) is 13.9. The van der Waals surface area contributed by atoms with Crippen LogP contribution < -0.4 is 0 Å². The van der Waals surface area contributed by atoms with Crippen LogP contribution in [0.1, 0.15) is 0 Å². The fraction of sp³-hybridized carbons (Fsp3) is 0. The minimum Gasteiger partial charge on any atom is -0.455 e. The van der Waals surface area contributed by atoms with E-state index in [0.717, 1.165) is 71.6 Å². The van der Waals surface area contributed by atoms with Crippen LogP contribution in [0.2, 0.25) is 0 Å². The van der Waals surface area contributed by atoms with Crippen molar-refractivity contribution in [2.45, 2.75) is 0 Å². The molecule has 0 radical (unpaired) electrons. The van der Waals surface area contributed by atoms with E-state index >= 15 is 0 Å². The average Bonchev–Trinajstić information content (AvgIpc) is 3.70. The molecule has 0 atom stereocenters. The van der Waals surface area contributed by atoms with Crippen molar-refractivity contribution in [3.05, 3.63) is 127 Å². The lowest BCUT2D eigenvalue weighted by Gasteiger charge is -2.11. The van der Waals surface area contributed by atoms with E-state index in [2.05, 4.69) is 130 Å². The Morgan fingerprint density at radius 3 is 2.15 bits per heavy atom. The smallest absolute Gasteiger partial charge is 0.146 e. The molecule has 4 nitrogen and oxygen atoms in total. The summed E-state index contributed by atoms with van der Waals surface area (Å²) in [6.07, 6.45) is 0. The largest absolute Gasteiger partial charge is 0.455 e. The molecule has 0 aliphatic carbocycles. The van der Waals surface area contributed by atoms with Gasteiger partial charge < -0.3 is 8.98 Å². The van der Waals surface area contributed by atoms with Crippen LogP contribution in [0.4, 0.5) is 0 Å². The molecule has 10 rings (SSSR count). The van der Waals surface area contributed by atoms with E-state index in [0.29, 0.717) is 0 Å². The quantitative estimate of drug-likeness (QED) is 0.201. The lowest BCUT2D eigenvalue weighted by Crippen LogP contribution is -1.94.